The molecule has 13 heavy (non-hydrogen) atoms. The maximum absolute atomic E-state index is 10.3. The van der Waals surface area contributed by atoms with Gasteiger partial charge in [-0.05, 0) is 0 Å². The lowest BCUT2D eigenvalue weighted by molar-refractivity contribution is -0.425. The second-order valence-corrected chi connectivity index (χ2v) is 2.01. The van der Waals surface area contributed by atoms with E-state index in [4.69, 9.17) is 5.73 Å². The highest BCUT2D eigenvalue weighted by atomic mass is 17.3. The van der Waals surface area contributed by atoms with E-state index in [-0.39, 0.29) is 6.54 Å². The maximum Gasteiger partial charge on any atom is 0.339 e. The average Bonchev–Trinajstić information content (AvgIpc) is 2.04. The summed E-state index contributed by atoms with van der Waals surface area (Å²) in [5, 5.41) is 0. The van der Waals surface area contributed by atoms with Crippen molar-refractivity contribution >= 4 is 11.9 Å². The summed E-state index contributed by atoms with van der Waals surface area (Å²) in [5.74, 6) is -1.32. The van der Waals surface area contributed by atoms with Crippen LogP contribution < -0.4 is 5.73 Å². The van der Waals surface area contributed by atoms with Crippen molar-refractivity contribution in [2.75, 3.05) is 6.54 Å². The summed E-state index contributed by atoms with van der Waals surface area (Å²) in [6.07, 6.45) is -1.12. The lowest BCUT2D eigenvalue weighted by Gasteiger charge is -2.11. The van der Waals surface area contributed by atoms with Crippen LogP contribution in [0.1, 0.15) is 13.8 Å². The molecular formula is C6H11NO6. The van der Waals surface area contributed by atoms with E-state index in [1.807, 2.05) is 0 Å². The predicted octanol–water partition coefficient (Wildman–Crippen LogP) is -0.739. The van der Waals surface area contributed by atoms with Gasteiger partial charge in [0.15, 0.2) is 0 Å². The van der Waals surface area contributed by atoms with E-state index < -0.39 is 18.2 Å². The Morgan fingerprint density at radius 3 is 1.77 bits per heavy atom. The van der Waals surface area contributed by atoms with Crippen molar-refractivity contribution in [3.63, 3.8) is 0 Å². The molecule has 0 unspecified atom stereocenters. The molecule has 0 spiro atoms. The minimum atomic E-state index is -1.12. The van der Waals surface area contributed by atoms with Crippen molar-refractivity contribution in [3.8, 4) is 0 Å². The molecule has 76 valence electrons. The topological polar surface area (TPSA) is 97.1 Å². The number of hydrogen-bond donors (Lipinski definition) is 1. The van der Waals surface area contributed by atoms with Crippen molar-refractivity contribution in [1.82, 2.24) is 0 Å². The molecule has 0 heterocycles. The molecule has 0 aromatic heterocycles. The fourth-order valence-corrected chi connectivity index (χ4v) is 0.337. The number of carbonyl (C=O) groups excluding carboxylic acids is 2. The van der Waals surface area contributed by atoms with Crippen LogP contribution in [0.3, 0.4) is 0 Å². The van der Waals surface area contributed by atoms with E-state index >= 15 is 0 Å². The Morgan fingerprint density at radius 2 is 1.54 bits per heavy atom. The quantitative estimate of drug-likeness (QED) is 0.349. The monoisotopic (exact) mass is 193 g/mol. The minimum Gasteiger partial charge on any atom is -0.326 e. The average molecular weight is 193 g/mol. The van der Waals surface area contributed by atoms with Gasteiger partial charge in [0, 0.05) is 13.8 Å². The molecule has 7 heteroatoms. The number of rotatable bonds is 5. The molecule has 0 atom stereocenters. The molecule has 7 nitrogen and oxygen atoms in total. The third-order valence-electron chi connectivity index (χ3n) is 0.738. The molecule has 0 aliphatic carbocycles. The van der Waals surface area contributed by atoms with Crippen LogP contribution in [0.15, 0.2) is 0 Å². The van der Waals surface area contributed by atoms with E-state index in [2.05, 4.69) is 19.6 Å². The van der Waals surface area contributed by atoms with E-state index in [0.29, 0.717) is 0 Å². The Balaban J connectivity index is 3.63. The van der Waals surface area contributed by atoms with Gasteiger partial charge in [-0.25, -0.2) is 9.59 Å². The smallest absolute Gasteiger partial charge is 0.326 e. The summed E-state index contributed by atoms with van der Waals surface area (Å²) in [7, 11) is 0. The van der Waals surface area contributed by atoms with Gasteiger partial charge in [0.2, 0.25) is 0 Å². The minimum absolute atomic E-state index is 0.124. The fraction of sp³-hybridized carbons (Fsp3) is 0.667. The standard InChI is InChI=1S/C6H11NO6/c1-4(8)10-12-6(3-7)13-11-5(2)9/h6H,3,7H2,1-2H3. The van der Waals surface area contributed by atoms with Crippen LogP contribution in [0.5, 0.6) is 0 Å². The van der Waals surface area contributed by atoms with Crippen molar-refractivity contribution in [3.05, 3.63) is 0 Å². The van der Waals surface area contributed by atoms with Crippen LogP contribution in [0.25, 0.3) is 0 Å². The molecule has 0 rings (SSSR count). The Morgan fingerprint density at radius 1 is 1.15 bits per heavy atom. The van der Waals surface area contributed by atoms with Gasteiger partial charge in [0.1, 0.15) is 0 Å². The van der Waals surface area contributed by atoms with Crippen LogP contribution in [0.2, 0.25) is 0 Å². The van der Waals surface area contributed by atoms with Crippen LogP contribution in [0.4, 0.5) is 0 Å². The highest BCUT2D eigenvalue weighted by Crippen LogP contribution is 1.95. The number of carbonyl (C=O) groups is 2. The first-order valence-corrected chi connectivity index (χ1v) is 3.44. The summed E-state index contributed by atoms with van der Waals surface area (Å²) in [6.45, 7) is 2.15. The van der Waals surface area contributed by atoms with E-state index in [9.17, 15) is 9.59 Å². The predicted molar refractivity (Wildman–Crippen MR) is 38.5 cm³/mol. The normalized spacial score (nSPS) is 9.85. The van der Waals surface area contributed by atoms with Crippen LogP contribution in [-0.4, -0.2) is 24.8 Å². The highest BCUT2D eigenvalue weighted by molar-refractivity contribution is 5.65. The zero-order valence-corrected chi connectivity index (χ0v) is 7.31. The highest BCUT2D eigenvalue weighted by Gasteiger charge is 2.12. The molecular weight excluding hydrogens is 182 g/mol. The maximum atomic E-state index is 10.3. The summed E-state index contributed by atoms with van der Waals surface area (Å²) >= 11 is 0. The lowest BCUT2D eigenvalue weighted by atomic mass is 10.7. The zero-order chi connectivity index (χ0) is 10.3. The third kappa shape index (κ3) is 7.19. The second kappa shape index (κ2) is 6.35. The molecule has 0 aliphatic rings. The molecule has 0 saturated heterocycles. The van der Waals surface area contributed by atoms with Gasteiger partial charge >= 0.3 is 11.9 Å². The first-order chi connectivity index (χ1) is 6.06. The Hall–Kier alpha value is -1.18. The SMILES string of the molecule is CC(=O)OOC(CN)OOC(C)=O. The van der Waals surface area contributed by atoms with E-state index in [1.54, 1.807) is 0 Å². The molecule has 0 amide bonds. The lowest BCUT2D eigenvalue weighted by Crippen LogP contribution is -2.28. The molecule has 0 radical (unpaired) electrons. The summed E-state index contributed by atoms with van der Waals surface area (Å²) in [5.41, 5.74) is 5.11. The van der Waals surface area contributed by atoms with Crippen LogP contribution in [-0.2, 0) is 29.1 Å². The van der Waals surface area contributed by atoms with E-state index in [1.165, 1.54) is 0 Å². The molecule has 0 bridgehead atoms. The fourth-order valence-electron chi connectivity index (χ4n) is 0.337. The molecule has 0 saturated carbocycles. The van der Waals surface area contributed by atoms with Gasteiger partial charge in [-0.1, -0.05) is 0 Å². The first kappa shape index (κ1) is 11.8. The summed E-state index contributed by atoms with van der Waals surface area (Å²) < 4.78 is 0. The van der Waals surface area contributed by atoms with Gasteiger partial charge in [-0.15, -0.1) is 9.78 Å². The van der Waals surface area contributed by atoms with E-state index in [0.717, 1.165) is 13.8 Å². The summed E-state index contributed by atoms with van der Waals surface area (Å²) in [6, 6.07) is 0. The molecule has 0 fully saturated rings. The Bertz CT molecular complexity index is 164. The Kier molecular flexibility index (Phi) is 5.77. The molecule has 0 aromatic carbocycles. The van der Waals surface area contributed by atoms with Crippen LogP contribution in [0, 0.1) is 0 Å². The van der Waals surface area contributed by atoms with Gasteiger partial charge in [-0.2, -0.15) is 0 Å². The molecule has 0 aliphatic heterocycles. The zero-order valence-electron chi connectivity index (χ0n) is 7.31. The Labute approximate surface area is 74.5 Å². The van der Waals surface area contributed by atoms with Crippen molar-refractivity contribution in [2.45, 2.75) is 20.1 Å². The first-order valence-electron chi connectivity index (χ1n) is 3.44. The van der Waals surface area contributed by atoms with Gasteiger partial charge in [0.05, 0.1) is 6.54 Å². The van der Waals surface area contributed by atoms with Crippen LogP contribution >= 0.6 is 0 Å². The van der Waals surface area contributed by atoms with Crippen molar-refractivity contribution in [2.24, 2.45) is 5.73 Å². The van der Waals surface area contributed by atoms with Gasteiger partial charge < -0.3 is 5.73 Å². The molecule has 2 N–H and O–H groups in total. The summed E-state index contributed by atoms with van der Waals surface area (Å²) in [4.78, 5) is 37.3. The third-order valence-corrected chi connectivity index (χ3v) is 0.738. The number of nitrogens with two attached hydrogens (primary N) is 1. The second-order valence-electron chi connectivity index (χ2n) is 2.01. The van der Waals surface area contributed by atoms with Crippen molar-refractivity contribution in [1.29, 1.82) is 0 Å². The van der Waals surface area contributed by atoms with Crippen molar-refractivity contribution < 1.29 is 29.1 Å². The molecule has 0 aromatic rings. The number of hydrogen-bond acceptors (Lipinski definition) is 7. The van der Waals surface area contributed by atoms with Gasteiger partial charge in [-0.3, -0.25) is 9.78 Å². The van der Waals surface area contributed by atoms with Gasteiger partial charge in [0.25, 0.3) is 6.29 Å². The largest absolute Gasteiger partial charge is 0.339 e.